The van der Waals surface area contributed by atoms with Crippen molar-refractivity contribution in [3.63, 3.8) is 0 Å². The summed E-state index contributed by atoms with van der Waals surface area (Å²) >= 11 is 0. The summed E-state index contributed by atoms with van der Waals surface area (Å²) in [6, 6.07) is 4.71. The maximum Gasteiger partial charge on any atom is 0.239 e. The van der Waals surface area contributed by atoms with Gasteiger partial charge in [-0.2, -0.15) is 0 Å². The monoisotopic (exact) mass is 385 g/mol. The zero-order chi connectivity index (χ0) is 19.3. The molecule has 0 bridgehead atoms. The van der Waals surface area contributed by atoms with E-state index in [4.69, 9.17) is 0 Å². The Morgan fingerprint density at radius 2 is 2.04 bits per heavy atom. The number of piperidine rings is 2. The first-order valence-corrected chi connectivity index (χ1v) is 10.6. The van der Waals surface area contributed by atoms with E-state index in [1.807, 2.05) is 18.5 Å². The molecule has 7 heteroatoms. The van der Waals surface area contributed by atoms with Crippen molar-refractivity contribution in [3.05, 3.63) is 30.1 Å². The van der Waals surface area contributed by atoms with Crippen LogP contribution < -0.4 is 5.32 Å². The van der Waals surface area contributed by atoms with Gasteiger partial charge in [0.2, 0.25) is 11.8 Å². The molecular weight excluding hydrogens is 354 g/mol. The number of amides is 2. The molecule has 3 saturated heterocycles. The van der Waals surface area contributed by atoms with Crippen LogP contribution in [0.1, 0.15) is 31.2 Å². The van der Waals surface area contributed by atoms with E-state index >= 15 is 0 Å². The van der Waals surface area contributed by atoms with Crippen LogP contribution in [-0.2, 0) is 16.1 Å². The molecule has 4 rings (SSSR count). The summed E-state index contributed by atoms with van der Waals surface area (Å²) in [6.07, 6.45) is 8.12. The van der Waals surface area contributed by atoms with Crippen molar-refractivity contribution in [1.29, 1.82) is 0 Å². The molecule has 1 unspecified atom stereocenters. The molecule has 28 heavy (non-hydrogen) atoms. The standard InChI is InChI=1S/C21H31N5O2/c27-20-16-26(12-8-23-20)21(28)18-4-2-9-25(15-18)19-5-10-24(11-6-19)14-17-3-1-7-22-13-17/h1,3,7,13,18-19H,2,4-6,8-12,14-16H2,(H,23,27). The van der Waals surface area contributed by atoms with Crippen LogP contribution >= 0.6 is 0 Å². The highest BCUT2D eigenvalue weighted by molar-refractivity contribution is 5.87. The first-order chi connectivity index (χ1) is 13.7. The Hall–Kier alpha value is -1.99. The number of hydrogen-bond acceptors (Lipinski definition) is 5. The second-order valence-corrected chi connectivity index (χ2v) is 8.31. The Morgan fingerprint density at radius 3 is 2.79 bits per heavy atom. The van der Waals surface area contributed by atoms with Gasteiger partial charge in [0, 0.05) is 44.6 Å². The summed E-state index contributed by atoms with van der Waals surface area (Å²) in [5.41, 5.74) is 1.27. The van der Waals surface area contributed by atoms with Crippen LogP contribution in [0, 0.1) is 5.92 Å². The van der Waals surface area contributed by atoms with Crippen molar-refractivity contribution in [3.8, 4) is 0 Å². The molecule has 7 nitrogen and oxygen atoms in total. The van der Waals surface area contributed by atoms with Crippen molar-refractivity contribution in [2.45, 2.75) is 38.3 Å². The van der Waals surface area contributed by atoms with Crippen LogP contribution in [0.5, 0.6) is 0 Å². The Bertz CT molecular complexity index is 675. The molecule has 1 N–H and O–H groups in total. The molecule has 3 fully saturated rings. The molecule has 2 amide bonds. The average molecular weight is 386 g/mol. The summed E-state index contributed by atoms with van der Waals surface area (Å²) in [5.74, 6) is 0.190. The van der Waals surface area contributed by atoms with Gasteiger partial charge in [0.1, 0.15) is 0 Å². The number of rotatable bonds is 4. The van der Waals surface area contributed by atoms with E-state index in [0.29, 0.717) is 19.1 Å². The summed E-state index contributed by atoms with van der Waals surface area (Å²) in [7, 11) is 0. The third kappa shape index (κ3) is 4.70. The maximum absolute atomic E-state index is 12.9. The number of carbonyl (C=O) groups is 2. The number of pyridine rings is 1. The number of nitrogens with zero attached hydrogens (tertiary/aromatic N) is 4. The van der Waals surface area contributed by atoms with Crippen molar-refractivity contribution in [2.75, 3.05) is 45.8 Å². The Kier molecular flexibility index (Phi) is 6.22. The Labute approximate surface area is 167 Å². The minimum Gasteiger partial charge on any atom is -0.353 e. The molecular formula is C21H31N5O2. The molecule has 1 aromatic rings. The van der Waals surface area contributed by atoms with Crippen LogP contribution in [0.2, 0.25) is 0 Å². The van der Waals surface area contributed by atoms with Gasteiger partial charge in [-0.1, -0.05) is 6.07 Å². The lowest BCUT2D eigenvalue weighted by atomic mass is 9.92. The SMILES string of the molecule is O=C1CN(C(=O)C2CCCN(C3CCN(Cc4cccnc4)CC3)C2)CCN1. The molecule has 3 aliphatic heterocycles. The predicted molar refractivity (Wildman–Crippen MR) is 106 cm³/mol. The highest BCUT2D eigenvalue weighted by Gasteiger charge is 2.34. The minimum absolute atomic E-state index is 0.0340. The molecule has 3 aliphatic rings. The molecule has 152 valence electrons. The molecule has 1 atom stereocenters. The van der Waals surface area contributed by atoms with Crippen LogP contribution in [0.4, 0.5) is 0 Å². The number of hydrogen-bond donors (Lipinski definition) is 1. The van der Waals surface area contributed by atoms with Gasteiger partial charge in [-0.15, -0.1) is 0 Å². The summed E-state index contributed by atoms with van der Waals surface area (Å²) < 4.78 is 0. The van der Waals surface area contributed by atoms with Crippen LogP contribution in [0.3, 0.4) is 0 Å². The normalized spacial score (nSPS) is 25.5. The van der Waals surface area contributed by atoms with Gasteiger partial charge < -0.3 is 10.2 Å². The third-order valence-corrected chi connectivity index (χ3v) is 6.35. The van der Waals surface area contributed by atoms with E-state index < -0.39 is 0 Å². The van der Waals surface area contributed by atoms with Crippen molar-refractivity contribution >= 4 is 11.8 Å². The maximum atomic E-state index is 12.9. The highest BCUT2D eigenvalue weighted by atomic mass is 16.2. The van der Waals surface area contributed by atoms with Crippen LogP contribution in [-0.4, -0.2) is 83.4 Å². The zero-order valence-electron chi connectivity index (χ0n) is 16.6. The first kappa shape index (κ1) is 19.3. The Balaban J connectivity index is 1.27. The van der Waals surface area contributed by atoms with E-state index in [-0.39, 0.29) is 24.3 Å². The van der Waals surface area contributed by atoms with Crippen molar-refractivity contribution < 1.29 is 9.59 Å². The van der Waals surface area contributed by atoms with E-state index in [2.05, 4.69) is 26.2 Å². The topological polar surface area (TPSA) is 68.8 Å². The quantitative estimate of drug-likeness (QED) is 0.827. The van der Waals surface area contributed by atoms with Crippen molar-refractivity contribution in [2.24, 2.45) is 5.92 Å². The first-order valence-electron chi connectivity index (χ1n) is 10.6. The Morgan fingerprint density at radius 1 is 1.18 bits per heavy atom. The van der Waals surface area contributed by atoms with E-state index in [1.54, 1.807) is 4.90 Å². The van der Waals surface area contributed by atoms with Gasteiger partial charge in [0.05, 0.1) is 12.5 Å². The number of nitrogens with one attached hydrogen (secondary N) is 1. The van der Waals surface area contributed by atoms with Crippen molar-refractivity contribution in [1.82, 2.24) is 25.0 Å². The fraction of sp³-hybridized carbons (Fsp3) is 0.667. The highest BCUT2D eigenvalue weighted by Crippen LogP contribution is 2.25. The van der Waals surface area contributed by atoms with Gasteiger partial charge >= 0.3 is 0 Å². The van der Waals surface area contributed by atoms with E-state index in [0.717, 1.165) is 58.4 Å². The van der Waals surface area contributed by atoms with Gasteiger partial charge in [0.15, 0.2) is 0 Å². The molecule has 0 saturated carbocycles. The summed E-state index contributed by atoms with van der Waals surface area (Å²) in [4.78, 5) is 35.5. The van der Waals surface area contributed by atoms with Crippen LogP contribution in [0.25, 0.3) is 0 Å². The largest absolute Gasteiger partial charge is 0.353 e. The minimum atomic E-state index is -0.0340. The lowest BCUT2D eigenvalue weighted by Crippen LogP contribution is -2.55. The number of aromatic nitrogens is 1. The van der Waals surface area contributed by atoms with Gasteiger partial charge in [0.25, 0.3) is 0 Å². The molecule has 4 heterocycles. The average Bonchev–Trinajstić information content (AvgIpc) is 2.75. The van der Waals surface area contributed by atoms with Gasteiger partial charge in [-0.3, -0.25) is 24.4 Å². The fourth-order valence-corrected chi connectivity index (χ4v) is 4.82. The smallest absolute Gasteiger partial charge is 0.239 e. The summed E-state index contributed by atoms with van der Waals surface area (Å²) in [5, 5.41) is 2.80. The number of piperazine rings is 1. The number of carbonyl (C=O) groups excluding carboxylic acids is 2. The lowest BCUT2D eigenvalue weighted by Gasteiger charge is -2.43. The molecule has 1 aromatic heterocycles. The molecule has 0 spiro atoms. The summed E-state index contributed by atoms with van der Waals surface area (Å²) in [6.45, 7) is 6.56. The van der Waals surface area contributed by atoms with E-state index in [9.17, 15) is 9.59 Å². The lowest BCUT2D eigenvalue weighted by molar-refractivity contribution is -0.143. The van der Waals surface area contributed by atoms with Crippen LogP contribution in [0.15, 0.2) is 24.5 Å². The second kappa shape index (κ2) is 9.01. The second-order valence-electron chi connectivity index (χ2n) is 8.31. The third-order valence-electron chi connectivity index (χ3n) is 6.35. The number of likely N-dealkylation sites (tertiary alicyclic amines) is 2. The predicted octanol–water partition coefficient (Wildman–Crippen LogP) is 0.716. The molecule has 0 aromatic carbocycles. The molecule has 0 aliphatic carbocycles. The van der Waals surface area contributed by atoms with Gasteiger partial charge in [-0.25, -0.2) is 0 Å². The zero-order valence-corrected chi connectivity index (χ0v) is 16.6. The van der Waals surface area contributed by atoms with E-state index in [1.165, 1.54) is 5.56 Å². The fourth-order valence-electron chi connectivity index (χ4n) is 4.82. The molecule has 0 radical (unpaired) electrons. The van der Waals surface area contributed by atoms with Gasteiger partial charge in [-0.05, 0) is 56.9 Å².